The maximum Gasteiger partial charge on any atom is 0.269 e. The van der Waals surface area contributed by atoms with Gasteiger partial charge in [0, 0.05) is 5.69 Å². The Morgan fingerprint density at radius 3 is 2.57 bits per heavy atom. The molecule has 2 aromatic carbocycles. The standard InChI is InChI=1S/C22H19N3O4S/c1-29-15-10-8-14(9-11-15)23-20(26)13-18-21(27)24-16-5-2-3-6-17(16)25(18)22(28)19-7-4-12-30-19/h2-12,18H,13H2,1H3,(H,23,26)(H,24,27). The molecule has 0 saturated heterocycles. The summed E-state index contributed by atoms with van der Waals surface area (Å²) in [5.74, 6) is -0.411. The van der Waals surface area contributed by atoms with E-state index in [1.165, 1.54) is 16.2 Å². The van der Waals surface area contributed by atoms with Crippen molar-refractivity contribution in [2.24, 2.45) is 0 Å². The first-order valence-electron chi connectivity index (χ1n) is 9.27. The van der Waals surface area contributed by atoms with Crippen LogP contribution in [-0.2, 0) is 9.59 Å². The van der Waals surface area contributed by atoms with E-state index in [0.29, 0.717) is 27.7 Å². The van der Waals surface area contributed by atoms with Gasteiger partial charge in [0.1, 0.15) is 11.8 Å². The van der Waals surface area contributed by atoms with Crippen molar-refractivity contribution in [1.29, 1.82) is 0 Å². The summed E-state index contributed by atoms with van der Waals surface area (Å²) < 4.78 is 5.11. The molecule has 0 bridgehead atoms. The van der Waals surface area contributed by atoms with Gasteiger partial charge in [0.15, 0.2) is 0 Å². The number of methoxy groups -OCH3 is 1. The molecule has 8 heteroatoms. The van der Waals surface area contributed by atoms with Gasteiger partial charge in [0.05, 0.1) is 29.8 Å². The van der Waals surface area contributed by atoms with Crippen LogP contribution in [-0.4, -0.2) is 30.9 Å². The number of thiophene rings is 1. The number of benzene rings is 2. The number of hydrogen-bond acceptors (Lipinski definition) is 5. The van der Waals surface area contributed by atoms with E-state index in [2.05, 4.69) is 10.6 Å². The third kappa shape index (κ3) is 3.90. The number of nitrogens with zero attached hydrogens (tertiary/aromatic N) is 1. The molecule has 2 heterocycles. The summed E-state index contributed by atoms with van der Waals surface area (Å²) in [6.45, 7) is 0. The molecular weight excluding hydrogens is 402 g/mol. The van der Waals surface area contributed by atoms with E-state index in [0.717, 1.165) is 0 Å². The number of para-hydroxylation sites is 2. The molecule has 0 fully saturated rings. The highest BCUT2D eigenvalue weighted by Crippen LogP contribution is 2.34. The molecule has 152 valence electrons. The third-order valence-corrected chi connectivity index (χ3v) is 5.60. The van der Waals surface area contributed by atoms with Gasteiger partial charge in [-0.05, 0) is 47.8 Å². The van der Waals surface area contributed by atoms with Crippen LogP contribution >= 0.6 is 11.3 Å². The van der Waals surface area contributed by atoms with Crippen LogP contribution in [0.15, 0.2) is 66.0 Å². The number of anilines is 3. The lowest BCUT2D eigenvalue weighted by atomic mass is 10.0. The van der Waals surface area contributed by atoms with Gasteiger partial charge >= 0.3 is 0 Å². The summed E-state index contributed by atoms with van der Waals surface area (Å²) in [7, 11) is 1.56. The summed E-state index contributed by atoms with van der Waals surface area (Å²) in [5.41, 5.74) is 1.69. The Balaban J connectivity index is 1.60. The predicted molar refractivity (Wildman–Crippen MR) is 116 cm³/mol. The van der Waals surface area contributed by atoms with E-state index in [-0.39, 0.29) is 18.2 Å². The van der Waals surface area contributed by atoms with Gasteiger partial charge in [-0.3, -0.25) is 19.3 Å². The largest absolute Gasteiger partial charge is 0.497 e. The Labute approximate surface area is 177 Å². The number of hydrogen-bond donors (Lipinski definition) is 2. The van der Waals surface area contributed by atoms with Gasteiger partial charge in [-0.1, -0.05) is 18.2 Å². The Morgan fingerprint density at radius 1 is 1.10 bits per heavy atom. The van der Waals surface area contributed by atoms with E-state index in [4.69, 9.17) is 4.74 Å². The Hall–Kier alpha value is -3.65. The zero-order valence-electron chi connectivity index (χ0n) is 16.1. The molecule has 0 aliphatic carbocycles. The van der Waals surface area contributed by atoms with Crippen LogP contribution in [0.25, 0.3) is 0 Å². The highest BCUT2D eigenvalue weighted by molar-refractivity contribution is 7.12. The summed E-state index contributed by atoms with van der Waals surface area (Å²) in [6.07, 6.45) is -0.177. The number of ether oxygens (including phenoxy) is 1. The summed E-state index contributed by atoms with van der Waals surface area (Å²) >= 11 is 1.29. The highest BCUT2D eigenvalue weighted by atomic mass is 32.1. The van der Waals surface area contributed by atoms with Crippen LogP contribution in [0.1, 0.15) is 16.1 Å². The molecule has 1 unspecified atom stereocenters. The first-order chi connectivity index (χ1) is 14.6. The van der Waals surface area contributed by atoms with Crippen molar-refractivity contribution in [2.45, 2.75) is 12.5 Å². The zero-order chi connectivity index (χ0) is 21.1. The first-order valence-corrected chi connectivity index (χ1v) is 10.2. The molecular formula is C22H19N3O4S. The Morgan fingerprint density at radius 2 is 1.87 bits per heavy atom. The molecule has 0 spiro atoms. The van der Waals surface area contributed by atoms with E-state index in [9.17, 15) is 14.4 Å². The predicted octanol–water partition coefficient (Wildman–Crippen LogP) is 3.75. The third-order valence-electron chi connectivity index (χ3n) is 4.74. The lowest BCUT2D eigenvalue weighted by Crippen LogP contribution is -2.52. The van der Waals surface area contributed by atoms with E-state index >= 15 is 0 Å². The first kappa shape index (κ1) is 19.7. The van der Waals surface area contributed by atoms with Crippen molar-refractivity contribution in [3.8, 4) is 5.75 Å². The van der Waals surface area contributed by atoms with Crippen LogP contribution in [0.3, 0.4) is 0 Å². The fraction of sp³-hybridized carbons (Fsp3) is 0.136. The van der Waals surface area contributed by atoms with Crippen molar-refractivity contribution in [3.05, 3.63) is 70.9 Å². The van der Waals surface area contributed by atoms with Gasteiger partial charge in [-0.15, -0.1) is 11.3 Å². The average molecular weight is 421 g/mol. The lowest BCUT2D eigenvalue weighted by Gasteiger charge is -2.35. The average Bonchev–Trinajstić information content (AvgIpc) is 3.29. The van der Waals surface area contributed by atoms with Crippen molar-refractivity contribution in [2.75, 3.05) is 22.6 Å². The van der Waals surface area contributed by atoms with Crippen LogP contribution in [0.4, 0.5) is 17.1 Å². The lowest BCUT2D eigenvalue weighted by molar-refractivity contribution is -0.122. The molecule has 7 nitrogen and oxygen atoms in total. The maximum atomic E-state index is 13.2. The molecule has 4 rings (SSSR count). The second-order valence-corrected chi connectivity index (χ2v) is 7.60. The molecule has 3 amide bonds. The number of carbonyl (C=O) groups excluding carboxylic acids is 3. The quantitative estimate of drug-likeness (QED) is 0.657. The van der Waals surface area contributed by atoms with E-state index < -0.39 is 11.9 Å². The number of nitrogens with one attached hydrogen (secondary N) is 2. The van der Waals surface area contributed by atoms with Crippen molar-refractivity contribution in [3.63, 3.8) is 0 Å². The second-order valence-electron chi connectivity index (χ2n) is 6.66. The zero-order valence-corrected chi connectivity index (χ0v) is 16.9. The van der Waals surface area contributed by atoms with Gasteiger partial charge in [-0.2, -0.15) is 0 Å². The minimum absolute atomic E-state index is 0.177. The summed E-state index contributed by atoms with van der Waals surface area (Å²) in [6, 6.07) is 16.5. The smallest absolute Gasteiger partial charge is 0.269 e. The number of rotatable bonds is 5. The van der Waals surface area contributed by atoms with Crippen LogP contribution < -0.4 is 20.3 Å². The van der Waals surface area contributed by atoms with Crippen molar-refractivity contribution in [1.82, 2.24) is 0 Å². The van der Waals surface area contributed by atoms with Crippen LogP contribution in [0, 0.1) is 0 Å². The van der Waals surface area contributed by atoms with Gasteiger partial charge in [0.25, 0.3) is 5.91 Å². The molecule has 0 radical (unpaired) electrons. The minimum atomic E-state index is -0.965. The monoisotopic (exact) mass is 421 g/mol. The molecule has 1 aliphatic rings. The van der Waals surface area contributed by atoms with Crippen LogP contribution in [0.5, 0.6) is 5.75 Å². The van der Waals surface area contributed by atoms with Gasteiger partial charge in [-0.25, -0.2) is 0 Å². The molecule has 1 aromatic heterocycles. The number of amides is 3. The van der Waals surface area contributed by atoms with Crippen LogP contribution in [0.2, 0.25) is 0 Å². The van der Waals surface area contributed by atoms with Gasteiger partial charge in [0.2, 0.25) is 11.8 Å². The SMILES string of the molecule is COc1ccc(NC(=O)CC2C(=O)Nc3ccccc3N2C(=O)c2cccs2)cc1. The number of fused-ring (bicyclic) bond motifs is 1. The summed E-state index contributed by atoms with van der Waals surface area (Å²) in [4.78, 5) is 40.6. The summed E-state index contributed by atoms with van der Waals surface area (Å²) in [5, 5.41) is 7.37. The van der Waals surface area contributed by atoms with E-state index in [1.54, 1.807) is 73.2 Å². The fourth-order valence-corrected chi connectivity index (χ4v) is 3.97. The van der Waals surface area contributed by atoms with Gasteiger partial charge < -0.3 is 15.4 Å². The fourth-order valence-electron chi connectivity index (χ4n) is 3.31. The number of carbonyl (C=O) groups is 3. The molecule has 30 heavy (non-hydrogen) atoms. The Bertz CT molecular complexity index is 1080. The molecule has 1 atom stereocenters. The highest BCUT2D eigenvalue weighted by Gasteiger charge is 2.38. The molecule has 2 N–H and O–H groups in total. The molecule has 0 saturated carbocycles. The van der Waals surface area contributed by atoms with Crippen molar-refractivity contribution >= 4 is 46.1 Å². The normalized spacial score (nSPS) is 15.2. The van der Waals surface area contributed by atoms with E-state index in [1.807, 2.05) is 0 Å². The second kappa shape index (κ2) is 8.38. The van der Waals surface area contributed by atoms with Crippen molar-refractivity contribution < 1.29 is 19.1 Å². The Kier molecular flexibility index (Phi) is 5.49. The molecule has 1 aliphatic heterocycles. The minimum Gasteiger partial charge on any atom is -0.497 e. The topological polar surface area (TPSA) is 87.7 Å². The maximum absolute atomic E-state index is 13.2. The molecule has 3 aromatic rings.